The topological polar surface area (TPSA) is 46.2 Å². The first-order valence-electron chi connectivity index (χ1n) is 7.52. The summed E-state index contributed by atoms with van der Waals surface area (Å²) in [5.74, 6) is 0. The van der Waals surface area contributed by atoms with Crippen LogP contribution in [0.3, 0.4) is 0 Å². The van der Waals surface area contributed by atoms with Gasteiger partial charge >= 0.3 is 6.18 Å². The Kier molecular flexibility index (Phi) is 5.54. The molecule has 0 bridgehead atoms. The van der Waals surface area contributed by atoms with E-state index >= 15 is 0 Å². The third-order valence-electron chi connectivity index (χ3n) is 3.53. The summed E-state index contributed by atoms with van der Waals surface area (Å²) >= 11 is 0. The maximum absolute atomic E-state index is 13.0. The summed E-state index contributed by atoms with van der Waals surface area (Å²) in [7, 11) is -4.08. The van der Waals surface area contributed by atoms with Gasteiger partial charge in [0.15, 0.2) is 0 Å². The van der Waals surface area contributed by atoms with Crippen LogP contribution in [-0.2, 0) is 22.6 Å². The van der Waals surface area contributed by atoms with E-state index in [1.807, 2.05) is 4.72 Å². The van der Waals surface area contributed by atoms with Gasteiger partial charge in [-0.05, 0) is 42.7 Å². The van der Waals surface area contributed by atoms with E-state index in [4.69, 9.17) is 0 Å². The molecule has 0 aliphatic heterocycles. The van der Waals surface area contributed by atoms with Crippen LogP contribution in [0.4, 0.5) is 18.9 Å². The second-order valence-corrected chi connectivity index (χ2v) is 7.08. The minimum Gasteiger partial charge on any atom is -0.279 e. The lowest BCUT2D eigenvalue weighted by Gasteiger charge is -2.14. The van der Waals surface area contributed by atoms with E-state index in [0.29, 0.717) is 0 Å². The molecule has 0 unspecified atom stereocenters. The number of hydrogen-bond donors (Lipinski definition) is 1. The average Bonchev–Trinajstić information content (AvgIpc) is 2.52. The molecule has 3 nitrogen and oxygen atoms in total. The van der Waals surface area contributed by atoms with Gasteiger partial charge in [-0.15, -0.1) is 0 Å². The van der Waals surface area contributed by atoms with Gasteiger partial charge in [0.05, 0.1) is 16.1 Å². The second-order valence-electron chi connectivity index (χ2n) is 5.40. The Labute approximate surface area is 139 Å². The van der Waals surface area contributed by atoms with E-state index in [1.165, 1.54) is 24.3 Å². The number of anilines is 1. The molecular weight excluding hydrogens is 339 g/mol. The smallest absolute Gasteiger partial charge is 0.279 e. The van der Waals surface area contributed by atoms with Crippen LogP contribution in [0, 0.1) is 0 Å². The van der Waals surface area contributed by atoms with Crippen molar-refractivity contribution in [3.63, 3.8) is 0 Å². The van der Waals surface area contributed by atoms with E-state index in [9.17, 15) is 21.6 Å². The first-order chi connectivity index (χ1) is 11.2. The predicted molar refractivity (Wildman–Crippen MR) is 87.3 cm³/mol. The van der Waals surface area contributed by atoms with E-state index < -0.39 is 27.5 Å². The standard InChI is InChI=1S/C17H18F3NO2S/c1-2-3-6-13-9-11-14(12-10-13)24(22,23)21-16-8-5-4-7-15(16)17(18,19)20/h4-5,7-12,21H,2-3,6H2,1H3. The van der Waals surface area contributed by atoms with E-state index in [0.717, 1.165) is 37.0 Å². The Morgan fingerprint density at radius 2 is 1.62 bits per heavy atom. The Bertz CT molecular complexity index is 784. The minimum absolute atomic E-state index is 0.0697. The molecule has 0 amide bonds. The fourth-order valence-electron chi connectivity index (χ4n) is 2.24. The van der Waals surface area contributed by atoms with Crippen LogP contribution in [0.15, 0.2) is 53.4 Å². The molecular formula is C17H18F3NO2S. The van der Waals surface area contributed by atoms with Crippen LogP contribution < -0.4 is 4.72 Å². The second kappa shape index (κ2) is 7.25. The molecule has 24 heavy (non-hydrogen) atoms. The Morgan fingerprint density at radius 1 is 1.00 bits per heavy atom. The van der Waals surface area contributed by atoms with Gasteiger partial charge in [0.25, 0.3) is 10.0 Å². The zero-order valence-corrected chi connectivity index (χ0v) is 13.9. The van der Waals surface area contributed by atoms with Gasteiger partial charge in [-0.2, -0.15) is 13.2 Å². The van der Waals surface area contributed by atoms with Crippen molar-refractivity contribution in [3.05, 3.63) is 59.7 Å². The van der Waals surface area contributed by atoms with Crippen molar-refractivity contribution < 1.29 is 21.6 Å². The molecule has 2 rings (SSSR count). The number of nitrogens with one attached hydrogen (secondary N) is 1. The summed E-state index contributed by atoms with van der Waals surface area (Å²) in [6, 6.07) is 10.7. The number of sulfonamides is 1. The molecule has 0 radical (unpaired) electrons. The molecule has 2 aromatic rings. The van der Waals surface area contributed by atoms with Crippen molar-refractivity contribution in [3.8, 4) is 0 Å². The number of aryl methyl sites for hydroxylation is 1. The highest BCUT2D eigenvalue weighted by Gasteiger charge is 2.34. The van der Waals surface area contributed by atoms with E-state index in [1.54, 1.807) is 12.1 Å². The van der Waals surface area contributed by atoms with Gasteiger partial charge in [-0.25, -0.2) is 8.42 Å². The predicted octanol–water partition coefficient (Wildman–Crippen LogP) is 4.85. The van der Waals surface area contributed by atoms with E-state index in [-0.39, 0.29) is 4.90 Å². The average molecular weight is 357 g/mol. The van der Waals surface area contributed by atoms with Crippen molar-refractivity contribution in [2.24, 2.45) is 0 Å². The fraction of sp³-hybridized carbons (Fsp3) is 0.294. The molecule has 0 saturated carbocycles. The Hall–Kier alpha value is -2.02. The summed E-state index contributed by atoms with van der Waals surface area (Å²) in [5.41, 5.74) is -0.514. The minimum atomic E-state index is -4.64. The van der Waals surface area contributed by atoms with Gasteiger partial charge in [-0.3, -0.25) is 4.72 Å². The molecule has 0 aliphatic rings. The van der Waals surface area contributed by atoms with Crippen LogP contribution in [-0.4, -0.2) is 8.42 Å². The summed E-state index contributed by atoms with van der Waals surface area (Å²) < 4.78 is 65.6. The Morgan fingerprint density at radius 3 is 2.21 bits per heavy atom. The first kappa shape index (κ1) is 18.3. The SMILES string of the molecule is CCCCc1ccc(S(=O)(=O)Nc2ccccc2C(F)(F)F)cc1. The number of para-hydroxylation sites is 1. The lowest BCUT2D eigenvalue weighted by Crippen LogP contribution is -2.17. The molecule has 2 aromatic carbocycles. The maximum atomic E-state index is 13.0. The third-order valence-corrected chi connectivity index (χ3v) is 4.91. The highest BCUT2D eigenvalue weighted by Crippen LogP contribution is 2.35. The van der Waals surface area contributed by atoms with Crippen LogP contribution in [0.2, 0.25) is 0 Å². The van der Waals surface area contributed by atoms with Gasteiger partial charge in [0.1, 0.15) is 0 Å². The van der Waals surface area contributed by atoms with Crippen LogP contribution in [0.1, 0.15) is 30.9 Å². The lowest BCUT2D eigenvalue weighted by molar-refractivity contribution is -0.136. The summed E-state index contributed by atoms with van der Waals surface area (Å²) in [6.07, 6.45) is -1.79. The monoisotopic (exact) mass is 357 g/mol. The first-order valence-corrected chi connectivity index (χ1v) is 9.00. The van der Waals surface area contributed by atoms with Crippen molar-refractivity contribution in [2.45, 2.75) is 37.3 Å². The number of halogens is 3. The van der Waals surface area contributed by atoms with Crippen molar-refractivity contribution in [1.82, 2.24) is 0 Å². The zero-order chi connectivity index (χ0) is 17.8. The number of hydrogen-bond acceptors (Lipinski definition) is 2. The molecule has 0 heterocycles. The molecule has 0 aliphatic carbocycles. The molecule has 0 spiro atoms. The molecule has 1 N–H and O–H groups in total. The zero-order valence-electron chi connectivity index (χ0n) is 13.1. The number of unbranched alkanes of at least 4 members (excludes halogenated alkanes) is 1. The van der Waals surface area contributed by atoms with Gasteiger partial charge < -0.3 is 0 Å². The van der Waals surface area contributed by atoms with E-state index in [2.05, 4.69) is 6.92 Å². The largest absolute Gasteiger partial charge is 0.418 e. The van der Waals surface area contributed by atoms with Crippen LogP contribution in [0.25, 0.3) is 0 Å². The molecule has 0 fully saturated rings. The normalized spacial score (nSPS) is 12.2. The van der Waals surface area contributed by atoms with Crippen LogP contribution >= 0.6 is 0 Å². The van der Waals surface area contributed by atoms with Crippen LogP contribution in [0.5, 0.6) is 0 Å². The Balaban J connectivity index is 2.26. The number of benzene rings is 2. The van der Waals surface area contributed by atoms with Gasteiger partial charge in [-0.1, -0.05) is 37.6 Å². The van der Waals surface area contributed by atoms with Crippen molar-refractivity contribution in [2.75, 3.05) is 4.72 Å². The summed E-state index contributed by atoms with van der Waals surface area (Å²) in [5, 5.41) is 0. The quantitative estimate of drug-likeness (QED) is 0.803. The highest BCUT2D eigenvalue weighted by atomic mass is 32.2. The maximum Gasteiger partial charge on any atom is 0.418 e. The fourth-order valence-corrected chi connectivity index (χ4v) is 3.32. The third kappa shape index (κ3) is 4.50. The number of alkyl halides is 3. The molecule has 0 atom stereocenters. The lowest BCUT2D eigenvalue weighted by atomic mass is 10.1. The molecule has 7 heteroatoms. The summed E-state index contributed by atoms with van der Waals surface area (Å²) in [6.45, 7) is 2.06. The summed E-state index contributed by atoms with van der Waals surface area (Å²) in [4.78, 5) is -0.0697. The molecule has 0 aromatic heterocycles. The molecule has 130 valence electrons. The highest BCUT2D eigenvalue weighted by molar-refractivity contribution is 7.92. The van der Waals surface area contributed by atoms with Gasteiger partial charge in [0.2, 0.25) is 0 Å². The van der Waals surface area contributed by atoms with Gasteiger partial charge in [0, 0.05) is 0 Å². The number of rotatable bonds is 6. The van der Waals surface area contributed by atoms with Crippen molar-refractivity contribution >= 4 is 15.7 Å². The van der Waals surface area contributed by atoms with Crippen molar-refractivity contribution in [1.29, 1.82) is 0 Å². The molecule has 0 saturated heterocycles.